The van der Waals surface area contributed by atoms with Gasteiger partial charge in [0.05, 0.1) is 19.7 Å². The molecule has 2 aromatic carbocycles. The molecule has 144 valence electrons. The second kappa shape index (κ2) is 9.73. The fraction of sp³-hybridized carbons (Fsp3) is 0.333. The Labute approximate surface area is 160 Å². The van der Waals surface area contributed by atoms with Crippen LogP contribution < -0.4 is 15.4 Å². The van der Waals surface area contributed by atoms with E-state index in [1.807, 2.05) is 62.3 Å². The minimum absolute atomic E-state index is 0.0443. The SMILES string of the molecule is COc1ccccc1C(CNC(=O)CNC(=O)c1ccccc1C)N(C)C. The molecule has 0 saturated carbocycles. The van der Waals surface area contributed by atoms with Gasteiger partial charge in [0.15, 0.2) is 0 Å². The monoisotopic (exact) mass is 369 g/mol. The number of hydrogen-bond acceptors (Lipinski definition) is 4. The third-order valence-electron chi connectivity index (χ3n) is 4.41. The molecule has 2 amide bonds. The van der Waals surface area contributed by atoms with Crippen molar-refractivity contribution in [1.82, 2.24) is 15.5 Å². The topological polar surface area (TPSA) is 70.7 Å². The molecule has 0 radical (unpaired) electrons. The van der Waals surface area contributed by atoms with Crippen molar-refractivity contribution in [3.05, 3.63) is 65.2 Å². The lowest BCUT2D eigenvalue weighted by Crippen LogP contribution is -2.40. The number of amides is 2. The summed E-state index contributed by atoms with van der Waals surface area (Å²) >= 11 is 0. The molecule has 0 saturated heterocycles. The molecule has 0 aromatic heterocycles. The normalized spacial score (nSPS) is 11.7. The first-order valence-electron chi connectivity index (χ1n) is 8.84. The van der Waals surface area contributed by atoms with Gasteiger partial charge in [0.1, 0.15) is 5.75 Å². The molecule has 2 aromatic rings. The summed E-state index contributed by atoms with van der Waals surface area (Å²) in [5, 5.41) is 5.55. The highest BCUT2D eigenvalue weighted by atomic mass is 16.5. The molecular weight excluding hydrogens is 342 g/mol. The molecule has 27 heavy (non-hydrogen) atoms. The van der Waals surface area contributed by atoms with Crippen LogP contribution in [0.15, 0.2) is 48.5 Å². The van der Waals surface area contributed by atoms with Crippen molar-refractivity contribution in [2.45, 2.75) is 13.0 Å². The average Bonchev–Trinajstić information content (AvgIpc) is 2.66. The fourth-order valence-corrected chi connectivity index (χ4v) is 2.87. The Morgan fingerprint density at radius 1 is 1.04 bits per heavy atom. The van der Waals surface area contributed by atoms with Crippen molar-refractivity contribution in [3.63, 3.8) is 0 Å². The summed E-state index contributed by atoms with van der Waals surface area (Å²) < 4.78 is 5.43. The van der Waals surface area contributed by atoms with E-state index in [2.05, 4.69) is 10.6 Å². The van der Waals surface area contributed by atoms with E-state index in [9.17, 15) is 9.59 Å². The van der Waals surface area contributed by atoms with Crippen LogP contribution in [0.25, 0.3) is 0 Å². The average molecular weight is 369 g/mol. The molecule has 0 aliphatic heterocycles. The number of ether oxygens (including phenoxy) is 1. The Bertz CT molecular complexity index is 790. The molecule has 6 nitrogen and oxygen atoms in total. The van der Waals surface area contributed by atoms with Crippen molar-refractivity contribution in [3.8, 4) is 5.75 Å². The lowest BCUT2D eigenvalue weighted by atomic mass is 10.0. The van der Waals surface area contributed by atoms with Crippen LogP contribution in [0.4, 0.5) is 0 Å². The summed E-state index contributed by atoms with van der Waals surface area (Å²) in [5.74, 6) is 0.286. The fourth-order valence-electron chi connectivity index (χ4n) is 2.87. The zero-order valence-corrected chi connectivity index (χ0v) is 16.3. The number of likely N-dealkylation sites (N-methyl/N-ethyl adjacent to an activating group) is 1. The van der Waals surface area contributed by atoms with E-state index < -0.39 is 0 Å². The van der Waals surface area contributed by atoms with Gasteiger partial charge in [-0.25, -0.2) is 0 Å². The number of carbonyl (C=O) groups excluding carboxylic acids is 2. The van der Waals surface area contributed by atoms with Crippen LogP contribution in [0.3, 0.4) is 0 Å². The smallest absolute Gasteiger partial charge is 0.251 e. The van der Waals surface area contributed by atoms with Gasteiger partial charge in [-0.3, -0.25) is 9.59 Å². The van der Waals surface area contributed by atoms with Gasteiger partial charge in [-0.05, 0) is 38.7 Å². The Kier molecular flexibility index (Phi) is 7.37. The predicted octanol–water partition coefficient (Wildman–Crippen LogP) is 2.15. The second-order valence-electron chi connectivity index (χ2n) is 6.52. The Morgan fingerprint density at radius 3 is 2.37 bits per heavy atom. The summed E-state index contributed by atoms with van der Waals surface area (Å²) in [6, 6.07) is 15.0. The molecule has 1 atom stereocenters. The molecule has 2 N–H and O–H groups in total. The first-order valence-corrected chi connectivity index (χ1v) is 8.84. The van der Waals surface area contributed by atoms with Crippen molar-refractivity contribution in [1.29, 1.82) is 0 Å². The van der Waals surface area contributed by atoms with Gasteiger partial charge in [0, 0.05) is 17.7 Å². The third-order valence-corrected chi connectivity index (χ3v) is 4.41. The summed E-state index contributed by atoms with van der Waals surface area (Å²) in [6.07, 6.45) is 0. The number of rotatable bonds is 8. The lowest BCUT2D eigenvalue weighted by Gasteiger charge is -2.26. The molecule has 0 spiro atoms. The standard InChI is InChI=1S/C21H27N3O3/c1-15-9-5-6-10-16(15)21(26)23-14-20(25)22-13-18(24(2)3)17-11-7-8-12-19(17)27-4/h5-12,18H,13-14H2,1-4H3,(H,22,25)(H,23,26). The van der Waals surface area contributed by atoms with Crippen LogP contribution >= 0.6 is 0 Å². The number of carbonyl (C=O) groups is 2. The summed E-state index contributed by atoms with van der Waals surface area (Å²) in [5.41, 5.74) is 2.44. The number of nitrogens with one attached hydrogen (secondary N) is 2. The maximum atomic E-state index is 12.2. The molecule has 0 heterocycles. The maximum absolute atomic E-state index is 12.2. The van der Waals surface area contributed by atoms with Crippen LogP contribution in [0, 0.1) is 6.92 Å². The third kappa shape index (κ3) is 5.56. The lowest BCUT2D eigenvalue weighted by molar-refractivity contribution is -0.120. The van der Waals surface area contributed by atoms with Gasteiger partial charge in [0.2, 0.25) is 5.91 Å². The Balaban J connectivity index is 1.93. The van der Waals surface area contributed by atoms with E-state index in [0.29, 0.717) is 12.1 Å². The molecule has 0 aliphatic carbocycles. The van der Waals surface area contributed by atoms with Crippen LogP contribution in [0.2, 0.25) is 0 Å². The number of nitrogens with zero attached hydrogens (tertiary/aromatic N) is 1. The highest BCUT2D eigenvalue weighted by molar-refractivity contribution is 5.97. The van der Waals surface area contributed by atoms with E-state index in [1.54, 1.807) is 19.2 Å². The molecule has 0 aliphatic rings. The number of para-hydroxylation sites is 1. The van der Waals surface area contributed by atoms with Gasteiger partial charge < -0.3 is 20.3 Å². The molecule has 1 unspecified atom stereocenters. The quantitative estimate of drug-likeness (QED) is 0.748. The maximum Gasteiger partial charge on any atom is 0.251 e. The molecule has 6 heteroatoms. The summed E-state index contributed by atoms with van der Waals surface area (Å²) in [6.45, 7) is 2.20. The zero-order chi connectivity index (χ0) is 19.8. The minimum Gasteiger partial charge on any atom is -0.496 e. The van der Waals surface area contributed by atoms with Crippen molar-refractivity contribution in [2.24, 2.45) is 0 Å². The molecule has 0 bridgehead atoms. The highest BCUT2D eigenvalue weighted by Crippen LogP contribution is 2.27. The highest BCUT2D eigenvalue weighted by Gasteiger charge is 2.19. The van der Waals surface area contributed by atoms with Crippen LogP contribution in [-0.4, -0.2) is 51.0 Å². The van der Waals surface area contributed by atoms with E-state index in [-0.39, 0.29) is 24.4 Å². The van der Waals surface area contributed by atoms with E-state index in [1.165, 1.54) is 0 Å². The largest absolute Gasteiger partial charge is 0.496 e. The first kappa shape index (κ1) is 20.5. The Morgan fingerprint density at radius 2 is 1.70 bits per heavy atom. The summed E-state index contributed by atoms with van der Waals surface area (Å²) in [7, 11) is 5.53. The minimum atomic E-state index is -0.253. The van der Waals surface area contributed by atoms with Crippen LogP contribution in [0.5, 0.6) is 5.75 Å². The molecule has 0 fully saturated rings. The predicted molar refractivity (Wildman–Crippen MR) is 106 cm³/mol. The van der Waals surface area contributed by atoms with E-state index in [0.717, 1.165) is 16.9 Å². The second-order valence-corrected chi connectivity index (χ2v) is 6.52. The van der Waals surface area contributed by atoms with Crippen molar-refractivity contribution < 1.29 is 14.3 Å². The molecule has 2 rings (SSSR count). The van der Waals surface area contributed by atoms with Crippen LogP contribution in [0.1, 0.15) is 27.5 Å². The van der Waals surface area contributed by atoms with E-state index in [4.69, 9.17) is 4.74 Å². The number of hydrogen-bond donors (Lipinski definition) is 2. The van der Waals surface area contributed by atoms with Gasteiger partial charge in [0.25, 0.3) is 5.91 Å². The van der Waals surface area contributed by atoms with Gasteiger partial charge in [-0.2, -0.15) is 0 Å². The van der Waals surface area contributed by atoms with Gasteiger partial charge in [-0.15, -0.1) is 0 Å². The summed E-state index contributed by atoms with van der Waals surface area (Å²) in [4.78, 5) is 26.4. The number of methoxy groups -OCH3 is 1. The van der Waals surface area contributed by atoms with Crippen molar-refractivity contribution >= 4 is 11.8 Å². The van der Waals surface area contributed by atoms with E-state index >= 15 is 0 Å². The van der Waals surface area contributed by atoms with Crippen molar-refractivity contribution in [2.75, 3.05) is 34.3 Å². The number of benzene rings is 2. The zero-order valence-electron chi connectivity index (χ0n) is 16.3. The first-order chi connectivity index (χ1) is 12.9. The van der Waals surface area contributed by atoms with Gasteiger partial charge in [-0.1, -0.05) is 36.4 Å². The number of aryl methyl sites for hydroxylation is 1. The van der Waals surface area contributed by atoms with Gasteiger partial charge >= 0.3 is 0 Å². The Hall–Kier alpha value is -2.86. The van der Waals surface area contributed by atoms with Crippen LogP contribution in [-0.2, 0) is 4.79 Å². The molecular formula is C21H27N3O3.